The van der Waals surface area contributed by atoms with Gasteiger partial charge in [0.1, 0.15) is 30.1 Å². The van der Waals surface area contributed by atoms with Gasteiger partial charge in [0, 0.05) is 49.8 Å². The van der Waals surface area contributed by atoms with Crippen LogP contribution in [0.3, 0.4) is 0 Å². The number of H-pyrrole nitrogens is 3. The van der Waals surface area contributed by atoms with Crippen molar-refractivity contribution in [2.45, 2.75) is 64.0 Å². The molecule has 12 heterocycles. The summed E-state index contributed by atoms with van der Waals surface area (Å²) >= 11 is 19.7. The van der Waals surface area contributed by atoms with E-state index in [9.17, 15) is 68.4 Å². The minimum absolute atomic E-state index is 0.0234. The number of piperidine rings is 1. The fraction of sp³-hybridized carbons (Fsp3) is 0.289. The van der Waals surface area contributed by atoms with Gasteiger partial charge >= 0.3 is 35.2 Å². The number of carbonyl (C=O) groups excluding carboxylic acids is 3. The van der Waals surface area contributed by atoms with Crippen LogP contribution in [0.1, 0.15) is 51.4 Å². The number of thiophene rings is 3. The molecule has 15 rings (SSSR count). The van der Waals surface area contributed by atoms with E-state index in [0.29, 0.717) is 32.7 Å². The molecule has 122 heavy (non-hydrogen) atoms. The fourth-order valence-electron chi connectivity index (χ4n) is 13.3. The van der Waals surface area contributed by atoms with Gasteiger partial charge in [-0.2, -0.15) is 0 Å². The number of nitrogens with one attached hydrogen (secondary N) is 12. The SMILES string of the molecule is O=C(Nc1ccc(-n2c(=O)[nH]c3cc(NCCCN4CCCC4)ccc3c2=O)nc1)NS(=O)(=O)c1ccc(Cl)s1.O=C(Nc1ccc(-n2c(=O)[nH]c3cc(NCCCN4CCCCC4)ccc3c2=O)nc1)NS(=O)(=O)c1ccc(Cl)s1.O=C(Nc1ccc(-n2c(=O)[nH]c3cc(NCCCN4CCOCC4)ccc3c2=O)nc1)NS(=O)(=O)c1ccc(Cl)s1. The van der Waals surface area contributed by atoms with Crippen LogP contribution in [-0.2, 0) is 34.8 Å². The Bertz CT molecular complexity index is 6300. The third-order valence-electron chi connectivity index (χ3n) is 19.2. The molecule has 0 unspecified atom stereocenters. The van der Waals surface area contributed by atoms with Gasteiger partial charge in [-0.05, 0) is 218 Å². The summed E-state index contributed by atoms with van der Waals surface area (Å²) in [7, 11) is -12.3. The average molecular weight is 1840 g/mol. The molecule has 642 valence electrons. The van der Waals surface area contributed by atoms with Crippen molar-refractivity contribution in [1.29, 1.82) is 0 Å². The molecule has 3 aliphatic rings. The Hall–Kier alpha value is -11.2. The second-order valence-corrected chi connectivity index (χ2v) is 38.7. The number of morpholine rings is 1. The van der Waals surface area contributed by atoms with Gasteiger partial charge in [0.05, 0.1) is 94.6 Å². The number of carbonyl (C=O) groups is 3. The summed E-state index contributed by atoms with van der Waals surface area (Å²) in [4.78, 5) is 142. The number of likely N-dealkylation sites (tertiary alicyclic amines) is 2. The van der Waals surface area contributed by atoms with Crippen molar-refractivity contribution in [1.82, 2.24) is 72.5 Å². The van der Waals surface area contributed by atoms with E-state index in [0.717, 1.165) is 176 Å². The second kappa shape index (κ2) is 40.2. The normalized spacial score (nSPS) is 14.1. The standard InChI is InChI=1S/C26H28ClN7O5S2.C25H26ClN7O6S2.C25H26ClN7O5S2/c27-21-8-10-23(40-21)41(38,39)32-25(36)30-18-6-9-22(29-16-18)34-24(35)19-7-5-17(15-20(19)31-26(34)37)28-11-4-14-33-12-2-1-3-13-33;26-20-5-7-22(40-20)41(37,38)31-24(35)29-17-3-6-21(28-15-17)33-23(34)18-4-2-16(14-19(18)30-25(33)36)27-8-1-9-32-10-12-39-13-11-32;26-20-7-9-22(39-20)40(37,38)31-24(35)29-17-5-8-21(28-15-17)33-23(34)18-6-4-16(14-19(18)30-25(33)36)27-10-3-13-32-11-1-2-12-32/h5-10,15-16,28H,1-4,11-14H2,(H,31,37)(H2,30,32,36);2-7,14-15,27H,1,8-13H2,(H,30,36)(H2,29,31,35);4-9,14-15,27H,1-3,10-13H2,(H,30,36)(H2,29,31,35). The van der Waals surface area contributed by atoms with Gasteiger partial charge in [-0.25, -0.2) is 96.8 Å². The summed E-state index contributed by atoms with van der Waals surface area (Å²) < 4.78 is 87.9. The smallest absolute Gasteiger partial charge is 0.334 e. The number of rotatable bonds is 27. The van der Waals surface area contributed by atoms with Crippen LogP contribution in [0, 0.1) is 0 Å². The predicted molar refractivity (Wildman–Crippen MR) is 472 cm³/mol. The third kappa shape index (κ3) is 23.1. The largest absolute Gasteiger partial charge is 0.385 e. The summed E-state index contributed by atoms with van der Waals surface area (Å²) in [5, 5.41) is 18.0. The Labute approximate surface area is 722 Å². The van der Waals surface area contributed by atoms with Gasteiger partial charge in [0.2, 0.25) is 0 Å². The number of hydrogen-bond acceptors (Lipinski definition) is 28. The Kier molecular flexibility index (Phi) is 29.2. The summed E-state index contributed by atoms with van der Waals surface area (Å²) in [5.41, 5.74) is 0.328. The quantitative estimate of drug-likeness (QED) is 0.0213. The van der Waals surface area contributed by atoms with Crippen LogP contribution in [0.2, 0.25) is 13.0 Å². The molecule has 0 aliphatic carbocycles. The van der Waals surface area contributed by atoms with Crippen LogP contribution in [0.4, 0.5) is 48.5 Å². The zero-order valence-corrected chi connectivity index (χ0v) is 71.7. The molecule has 6 amide bonds. The van der Waals surface area contributed by atoms with E-state index < -0.39 is 81.9 Å². The van der Waals surface area contributed by atoms with E-state index in [1.54, 1.807) is 54.6 Å². The number of amides is 6. The van der Waals surface area contributed by atoms with Crippen molar-refractivity contribution in [2.75, 3.05) is 124 Å². The van der Waals surface area contributed by atoms with Crippen LogP contribution >= 0.6 is 68.8 Å². The molecule has 3 aromatic carbocycles. The summed E-state index contributed by atoms with van der Waals surface area (Å²) in [6, 6.07) is 28.8. The molecule has 0 atom stereocenters. The molecule has 46 heteroatoms. The fourth-order valence-corrected chi connectivity index (χ4v) is 20.5. The number of benzene rings is 3. The first-order valence-electron chi connectivity index (χ1n) is 38.1. The first-order chi connectivity index (χ1) is 58.6. The number of halogens is 3. The van der Waals surface area contributed by atoms with Gasteiger partial charge in [0.25, 0.3) is 46.7 Å². The van der Waals surface area contributed by atoms with E-state index in [4.69, 9.17) is 39.5 Å². The summed E-state index contributed by atoms with van der Waals surface area (Å²) in [5.74, 6) is 0.0872. The number of fused-ring (bicyclic) bond motifs is 3. The number of anilines is 6. The van der Waals surface area contributed by atoms with Crippen LogP contribution in [0.5, 0.6) is 0 Å². The number of aromatic nitrogens is 9. The highest BCUT2D eigenvalue weighted by molar-refractivity contribution is 7.93. The minimum atomic E-state index is -4.11. The Morgan fingerprint density at radius 2 is 0.664 bits per heavy atom. The number of ether oxygens (including phenoxy) is 1. The maximum Gasteiger partial charge on any atom is 0.334 e. The first-order valence-corrected chi connectivity index (χ1v) is 46.1. The van der Waals surface area contributed by atoms with E-state index >= 15 is 0 Å². The second-order valence-electron chi connectivity index (χ2n) is 27.8. The molecule has 3 saturated heterocycles. The van der Waals surface area contributed by atoms with Crippen molar-refractivity contribution in [3.8, 4) is 17.5 Å². The molecule has 3 fully saturated rings. The zero-order valence-electron chi connectivity index (χ0n) is 64.6. The summed E-state index contributed by atoms with van der Waals surface area (Å²) in [6.07, 6.45) is 12.9. The lowest BCUT2D eigenvalue weighted by Gasteiger charge is -2.26. The van der Waals surface area contributed by atoms with Crippen molar-refractivity contribution < 1.29 is 44.4 Å². The molecule has 0 saturated carbocycles. The Balaban J connectivity index is 0.000000158. The molecule has 12 N–H and O–H groups in total. The molecular formula is C76H80Cl3N21O16S6. The average Bonchev–Trinajstić information content (AvgIpc) is 1.08. The lowest BCUT2D eigenvalue weighted by atomic mass is 10.1. The molecule has 9 aromatic heterocycles. The zero-order chi connectivity index (χ0) is 86.2. The van der Waals surface area contributed by atoms with Crippen molar-refractivity contribution >= 4 is 184 Å². The Morgan fingerprint density at radius 1 is 0.377 bits per heavy atom. The van der Waals surface area contributed by atoms with Crippen molar-refractivity contribution in [2.24, 2.45) is 0 Å². The van der Waals surface area contributed by atoms with Gasteiger partial charge in [-0.15, -0.1) is 34.0 Å². The topological polar surface area (TPSA) is 484 Å². The molecule has 37 nitrogen and oxygen atoms in total. The highest BCUT2D eigenvalue weighted by Crippen LogP contribution is 2.29. The number of hydrogen-bond donors (Lipinski definition) is 12. The van der Waals surface area contributed by atoms with Gasteiger partial charge in [-0.1, -0.05) is 41.2 Å². The van der Waals surface area contributed by atoms with Crippen LogP contribution < -0.4 is 79.8 Å². The molecule has 0 spiro atoms. The molecule has 12 aromatic rings. The monoisotopic (exact) mass is 1840 g/mol. The van der Waals surface area contributed by atoms with E-state index in [1.807, 2.05) is 14.2 Å². The van der Waals surface area contributed by atoms with Crippen LogP contribution in [0.15, 0.2) is 187 Å². The molecular weight excluding hydrogens is 1760 g/mol. The number of urea groups is 3. The van der Waals surface area contributed by atoms with Crippen molar-refractivity contribution in [3.63, 3.8) is 0 Å². The molecule has 3 aliphatic heterocycles. The maximum absolute atomic E-state index is 13.2. The first kappa shape index (κ1) is 88.6. The van der Waals surface area contributed by atoms with E-state index in [1.165, 1.54) is 123 Å². The lowest BCUT2D eigenvalue weighted by Crippen LogP contribution is -2.37. The van der Waals surface area contributed by atoms with Gasteiger partial charge in [-0.3, -0.25) is 19.3 Å². The van der Waals surface area contributed by atoms with Crippen LogP contribution in [-0.4, -0.2) is 193 Å². The number of pyridine rings is 3. The third-order valence-corrected chi connectivity index (χ3v) is 28.4. The predicted octanol–water partition coefficient (Wildman–Crippen LogP) is 9.22. The maximum atomic E-state index is 13.2. The summed E-state index contributed by atoms with van der Waals surface area (Å²) in [6.45, 7) is 13.3. The lowest BCUT2D eigenvalue weighted by molar-refractivity contribution is 0.0378. The Morgan fingerprint density at radius 3 is 0.943 bits per heavy atom. The highest BCUT2D eigenvalue weighted by Gasteiger charge is 2.25. The number of sulfonamides is 3. The molecule has 0 bridgehead atoms. The minimum Gasteiger partial charge on any atom is -0.385 e. The van der Waals surface area contributed by atoms with Gasteiger partial charge < -0.3 is 61.4 Å². The van der Waals surface area contributed by atoms with Crippen LogP contribution in [0.25, 0.3) is 50.2 Å². The highest BCUT2D eigenvalue weighted by atomic mass is 35.5. The van der Waals surface area contributed by atoms with Crippen molar-refractivity contribution in [3.05, 3.63) is 222 Å². The van der Waals surface area contributed by atoms with E-state index in [2.05, 4.69) is 76.5 Å². The van der Waals surface area contributed by atoms with Gasteiger partial charge in [0.15, 0.2) is 0 Å². The number of nitrogens with zero attached hydrogens (tertiary/aromatic N) is 9. The molecule has 0 radical (unpaired) electrons. The van der Waals surface area contributed by atoms with E-state index in [-0.39, 0.29) is 60.2 Å². The number of aromatic amines is 3.